The van der Waals surface area contributed by atoms with Crippen molar-refractivity contribution in [2.24, 2.45) is 5.92 Å². The van der Waals surface area contributed by atoms with Crippen LogP contribution < -0.4 is 9.47 Å². The smallest absolute Gasteiger partial charge is 0.257 e. The zero-order valence-electron chi connectivity index (χ0n) is 16.2. The van der Waals surface area contributed by atoms with E-state index in [0.29, 0.717) is 24.1 Å². The maximum atomic E-state index is 13.2. The molecular weight excluding hydrogens is 342 g/mol. The molecule has 2 aromatic rings. The van der Waals surface area contributed by atoms with Crippen LogP contribution in [0.1, 0.15) is 49.5 Å². The highest BCUT2D eigenvalue weighted by molar-refractivity contribution is 5.94. The second-order valence-corrected chi connectivity index (χ2v) is 7.80. The normalized spacial score (nSPS) is 23.9. The van der Waals surface area contributed by atoms with E-state index in [1.807, 2.05) is 35.1 Å². The van der Waals surface area contributed by atoms with Gasteiger partial charge in [-0.25, -0.2) is 0 Å². The lowest BCUT2D eigenvalue weighted by molar-refractivity contribution is 0.0505. The van der Waals surface area contributed by atoms with Gasteiger partial charge in [-0.05, 0) is 63.3 Å². The van der Waals surface area contributed by atoms with E-state index in [1.165, 1.54) is 6.42 Å². The van der Waals surface area contributed by atoms with Crippen molar-refractivity contribution in [3.8, 4) is 11.5 Å². The molecule has 2 bridgehead atoms. The number of hydrogen-bond acceptors (Lipinski definition) is 4. The minimum absolute atomic E-state index is 0.0810. The molecule has 3 atom stereocenters. The molecule has 0 spiro atoms. The molecule has 1 aromatic heterocycles. The zero-order chi connectivity index (χ0) is 19.0. The maximum Gasteiger partial charge on any atom is 0.257 e. The van der Waals surface area contributed by atoms with Gasteiger partial charge in [0.25, 0.3) is 5.91 Å². The fraction of sp³-hybridized carbons (Fsp3) is 0.524. The maximum absolute atomic E-state index is 13.2. The van der Waals surface area contributed by atoms with Crippen molar-refractivity contribution in [1.29, 1.82) is 0 Å². The summed E-state index contributed by atoms with van der Waals surface area (Å²) in [6.45, 7) is 4.65. The first-order valence-electron chi connectivity index (χ1n) is 9.70. The highest BCUT2D eigenvalue weighted by atomic mass is 16.5. The highest BCUT2D eigenvalue weighted by Gasteiger charge is 2.48. The number of likely N-dealkylation sites (tertiary alicyclic amines) is 1. The first-order chi connectivity index (χ1) is 13.1. The summed E-state index contributed by atoms with van der Waals surface area (Å²) in [4.78, 5) is 15.2. The number of rotatable bonds is 6. The number of piperidine rings is 1. The summed E-state index contributed by atoms with van der Waals surface area (Å²) >= 11 is 0. The molecule has 2 heterocycles. The summed E-state index contributed by atoms with van der Waals surface area (Å²) in [5.41, 5.74) is 0.672. The van der Waals surface area contributed by atoms with E-state index < -0.39 is 0 Å². The zero-order valence-corrected chi connectivity index (χ0v) is 16.2. The minimum atomic E-state index is 0.0810. The van der Waals surface area contributed by atoms with Gasteiger partial charge >= 0.3 is 0 Å². The van der Waals surface area contributed by atoms with Crippen molar-refractivity contribution in [2.45, 2.75) is 51.2 Å². The van der Waals surface area contributed by atoms with Gasteiger partial charge in [-0.1, -0.05) is 0 Å². The largest absolute Gasteiger partial charge is 0.497 e. The number of ether oxygens (including phenoxy) is 2. The first-order valence-corrected chi connectivity index (χ1v) is 9.70. The predicted molar refractivity (Wildman–Crippen MR) is 102 cm³/mol. The molecule has 1 saturated heterocycles. The van der Waals surface area contributed by atoms with E-state index in [4.69, 9.17) is 9.47 Å². The third-order valence-electron chi connectivity index (χ3n) is 5.83. The van der Waals surface area contributed by atoms with Crippen LogP contribution in [0.25, 0.3) is 0 Å². The molecule has 2 fully saturated rings. The molecule has 6 nitrogen and oxygen atoms in total. The Morgan fingerprint density at radius 3 is 2.63 bits per heavy atom. The topological polar surface area (TPSA) is 56.6 Å². The fourth-order valence-corrected chi connectivity index (χ4v) is 4.36. The van der Waals surface area contributed by atoms with E-state index >= 15 is 0 Å². The molecule has 0 radical (unpaired) electrons. The number of carbonyl (C=O) groups excluding carboxylic acids is 1. The number of fused-ring (bicyclic) bond motifs is 2. The van der Waals surface area contributed by atoms with Gasteiger partial charge in [-0.15, -0.1) is 0 Å². The minimum Gasteiger partial charge on any atom is -0.497 e. The molecule has 144 valence electrons. The summed E-state index contributed by atoms with van der Waals surface area (Å²) < 4.78 is 13.1. The van der Waals surface area contributed by atoms with Crippen LogP contribution in [0.3, 0.4) is 0 Å². The van der Waals surface area contributed by atoms with E-state index in [9.17, 15) is 4.79 Å². The Kier molecular flexibility index (Phi) is 4.81. The lowest BCUT2D eigenvalue weighted by atomic mass is 9.99. The van der Waals surface area contributed by atoms with Gasteiger partial charge in [0, 0.05) is 18.3 Å². The van der Waals surface area contributed by atoms with E-state index in [1.54, 1.807) is 13.3 Å². The SMILES string of the molecule is COc1ccc(OC[C@H]2[C@H]3CC[C@H](C3)N2C(=O)c2cnn(C(C)C)c2)cc1. The van der Waals surface area contributed by atoms with E-state index in [-0.39, 0.29) is 18.0 Å². The number of carbonyl (C=O) groups is 1. The Bertz CT molecular complexity index is 799. The average Bonchev–Trinajstić information content (AvgIpc) is 3.41. The second-order valence-electron chi connectivity index (χ2n) is 7.80. The Labute approximate surface area is 160 Å². The monoisotopic (exact) mass is 369 g/mol. The first kappa shape index (κ1) is 17.9. The fourth-order valence-electron chi connectivity index (χ4n) is 4.36. The lowest BCUT2D eigenvalue weighted by Gasteiger charge is -2.35. The van der Waals surface area contributed by atoms with Crippen molar-refractivity contribution < 1.29 is 14.3 Å². The molecule has 6 heteroatoms. The van der Waals surface area contributed by atoms with Gasteiger partial charge in [0.1, 0.15) is 18.1 Å². The van der Waals surface area contributed by atoms with Gasteiger partial charge in [0.15, 0.2) is 0 Å². The van der Waals surface area contributed by atoms with Gasteiger partial charge in [-0.2, -0.15) is 5.10 Å². The quantitative estimate of drug-likeness (QED) is 0.781. The standard InChI is InChI=1S/C21H27N3O3/c1-14(2)23-12-16(11-22-23)21(25)24-17-5-4-15(10-17)20(24)13-27-19-8-6-18(26-3)7-9-19/h6-9,11-12,14-15,17,20H,4-5,10,13H2,1-3H3/t15-,17+,20-/m0/s1. The Morgan fingerprint density at radius 2 is 1.96 bits per heavy atom. The van der Waals surface area contributed by atoms with Crippen LogP contribution in [0.2, 0.25) is 0 Å². The van der Waals surface area contributed by atoms with E-state index in [0.717, 1.165) is 24.3 Å². The van der Waals surface area contributed by atoms with Crippen LogP contribution in [0, 0.1) is 5.92 Å². The van der Waals surface area contributed by atoms with Crippen LogP contribution >= 0.6 is 0 Å². The predicted octanol–water partition coefficient (Wildman–Crippen LogP) is 3.54. The number of amides is 1. The third kappa shape index (κ3) is 3.40. The molecule has 1 amide bonds. The number of hydrogen-bond donors (Lipinski definition) is 0. The Hall–Kier alpha value is -2.50. The second kappa shape index (κ2) is 7.25. The number of aromatic nitrogens is 2. The average molecular weight is 369 g/mol. The Morgan fingerprint density at radius 1 is 1.22 bits per heavy atom. The van der Waals surface area contributed by atoms with E-state index in [2.05, 4.69) is 23.8 Å². The van der Waals surface area contributed by atoms with Crippen molar-refractivity contribution in [3.05, 3.63) is 42.2 Å². The van der Waals surface area contributed by atoms with Crippen LogP contribution in [-0.4, -0.2) is 46.4 Å². The molecule has 27 heavy (non-hydrogen) atoms. The van der Waals surface area contributed by atoms with Crippen LogP contribution in [0.5, 0.6) is 11.5 Å². The summed E-state index contributed by atoms with van der Waals surface area (Å²) in [5, 5.41) is 4.33. The van der Waals surface area contributed by atoms with Crippen LogP contribution in [-0.2, 0) is 0 Å². The summed E-state index contributed by atoms with van der Waals surface area (Å²) in [6, 6.07) is 8.29. The highest BCUT2D eigenvalue weighted by Crippen LogP contribution is 2.43. The lowest BCUT2D eigenvalue weighted by Crippen LogP contribution is -2.47. The van der Waals surface area contributed by atoms with Gasteiger partial charge in [0.2, 0.25) is 0 Å². The number of benzene rings is 1. The van der Waals surface area contributed by atoms with Gasteiger partial charge in [0.05, 0.1) is 24.9 Å². The number of methoxy groups -OCH3 is 1. The Balaban J connectivity index is 1.47. The molecule has 1 aliphatic heterocycles. The summed E-state index contributed by atoms with van der Waals surface area (Å²) in [5.74, 6) is 2.22. The summed E-state index contributed by atoms with van der Waals surface area (Å²) in [6.07, 6.45) is 6.90. The van der Waals surface area contributed by atoms with Crippen molar-refractivity contribution in [2.75, 3.05) is 13.7 Å². The molecule has 1 aromatic carbocycles. The van der Waals surface area contributed by atoms with Crippen molar-refractivity contribution >= 4 is 5.91 Å². The van der Waals surface area contributed by atoms with Crippen molar-refractivity contribution in [1.82, 2.24) is 14.7 Å². The van der Waals surface area contributed by atoms with Gasteiger partial charge in [-0.3, -0.25) is 9.48 Å². The molecule has 2 aliphatic rings. The molecule has 0 unspecified atom stereocenters. The molecule has 1 aliphatic carbocycles. The van der Waals surface area contributed by atoms with Crippen LogP contribution in [0.4, 0.5) is 0 Å². The molecule has 0 N–H and O–H groups in total. The molecular formula is C21H27N3O3. The number of nitrogens with zero attached hydrogens (tertiary/aromatic N) is 3. The summed E-state index contributed by atoms with van der Waals surface area (Å²) in [7, 11) is 1.65. The van der Waals surface area contributed by atoms with Crippen LogP contribution in [0.15, 0.2) is 36.7 Å². The molecule has 1 saturated carbocycles. The third-order valence-corrected chi connectivity index (χ3v) is 5.83. The molecule has 4 rings (SSSR count). The van der Waals surface area contributed by atoms with Gasteiger partial charge < -0.3 is 14.4 Å². The van der Waals surface area contributed by atoms with Crippen molar-refractivity contribution in [3.63, 3.8) is 0 Å².